The summed E-state index contributed by atoms with van der Waals surface area (Å²) in [5, 5.41) is 7.17. The minimum absolute atomic E-state index is 0.125. The Labute approximate surface area is 131 Å². The molecule has 0 saturated carbocycles. The van der Waals surface area contributed by atoms with Crippen molar-refractivity contribution in [1.82, 2.24) is 14.3 Å². The van der Waals surface area contributed by atoms with Crippen LogP contribution in [0.2, 0.25) is 0 Å². The maximum atomic E-state index is 13.3. The third-order valence-electron chi connectivity index (χ3n) is 2.92. The van der Waals surface area contributed by atoms with Crippen LogP contribution in [0.5, 0.6) is 5.75 Å². The Kier molecular flexibility index (Phi) is 3.82. The Hall–Kier alpha value is -2.75. The second-order valence-electron chi connectivity index (χ2n) is 4.53. The second kappa shape index (κ2) is 5.80. The smallest absolute Gasteiger partial charge is 0.379 e. The minimum Gasteiger partial charge on any atom is -0.379 e. The zero-order valence-corrected chi connectivity index (χ0v) is 12.8. The van der Waals surface area contributed by atoms with Crippen LogP contribution in [0, 0.1) is 19.7 Å². The van der Waals surface area contributed by atoms with Crippen LogP contribution in [0.1, 0.15) is 11.5 Å². The van der Waals surface area contributed by atoms with Crippen LogP contribution < -0.4 is 9.94 Å². The number of nitrogens with zero attached hydrogens (tertiary/aromatic N) is 3. The first-order valence-corrected chi connectivity index (χ1v) is 7.38. The van der Waals surface area contributed by atoms with Crippen molar-refractivity contribution in [2.24, 2.45) is 0 Å². The summed E-state index contributed by atoms with van der Waals surface area (Å²) in [6, 6.07) is 5.26. The van der Waals surface area contributed by atoms with Crippen molar-refractivity contribution in [1.29, 1.82) is 0 Å². The number of rotatable bonds is 4. The lowest BCUT2D eigenvalue weighted by atomic mass is 10.2. The Morgan fingerprint density at radius 2 is 2.04 bits per heavy atom. The molecule has 0 bridgehead atoms. The molecule has 0 radical (unpaired) electrons. The van der Waals surface area contributed by atoms with E-state index in [-0.39, 0.29) is 17.1 Å². The zero-order chi connectivity index (χ0) is 16.6. The van der Waals surface area contributed by atoms with Crippen LogP contribution in [0.4, 0.5) is 4.39 Å². The highest BCUT2D eigenvalue weighted by molar-refractivity contribution is 7.79. The van der Waals surface area contributed by atoms with Gasteiger partial charge in [-0.15, -0.1) is 3.97 Å². The molecular weight excluding hydrogens is 329 g/mol. The van der Waals surface area contributed by atoms with Crippen molar-refractivity contribution >= 4 is 11.3 Å². The molecule has 10 heteroatoms. The van der Waals surface area contributed by atoms with Gasteiger partial charge in [0.05, 0.1) is 0 Å². The molecule has 1 aromatic carbocycles. The highest BCUT2D eigenvalue weighted by atomic mass is 32.2. The molecule has 2 aromatic heterocycles. The number of halogens is 1. The SMILES string of the molecule is Cc1noc(C)c1OS(=O)n1c(-c2cccc(F)c2)noc1=O. The molecule has 0 aliphatic rings. The summed E-state index contributed by atoms with van der Waals surface area (Å²) in [5.74, 6) is -1.23. The van der Waals surface area contributed by atoms with E-state index in [0.29, 0.717) is 15.4 Å². The van der Waals surface area contributed by atoms with Gasteiger partial charge in [0.15, 0.2) is 5.76 Å². The van der Waals surface area contributed by atoms with E-state index in [1.807, 2.05) is 0 Å². The molecule has 3 aromatic rings. The Morgan fingerprint density at radius 1 is 1.26 bits per heavy atom. The molecular formula is C13H10FN3O5S. The molecule has 1 atom stereocenters. The van der Waals surface area contributed by atoms with Gasteiger partial charge < -0.3 is 8.71 Å². The van der Waals surface area contributed by atoms with E-state index in [1.54, 1.807) is 13.8 Å². The van der Waals surface area contributed by atoms with Gasteiger partial charge in [0, 0.05) is 12.5 Å². The summed E-state index contributed by atoms with van der Waals surface area (Å²) in [4.78, 5) is 11.8. The van der Waals surface area contributed by atoms with Crippen LogP contribution in [-0.2, 0) is 11.3 Å². The van der Waals surface area contributed by atoms with Gasteiger partial charge in [0.1, 0.15) is 11.5 Å². The summed E-state index contributed by atoms with van der Waals surface area (Å²) < 4.78 is 41.0. The predicted octanol–water partition coefficient (Wildman–Crippen LogP) is 1.75. The van der Waals surface area contributed by atoms with Gasteiger partial charge in [-0.3, -0.25) is 4.52 Å². The average molecular weight is 339 g/mol. The monoisotopic (exact) mass is 339 g/mol. The van der Waals surface area contributed by atoms with E-state index < -0.39 is 22.8 Å². The first kappa shape index (κ1) is 15.2. The van der Waals surface area contributed by atoms with Gasteiger partial charge in [0.2, 0.25) is 11.6 Å². The fraction of sp³-hybridized carbons (Fsp3) is 0.154. The van der Waals surface area contributed by atoms with Crippen molar-refractivity contribution in [3.05, 3.63) is 52.1 Å². The molecule has 8 nitrogen and oxygen atoms in total. The highest BCUT2D eigenvalue weighted by Crippen LogP contribution is 2.24. The largest absolute Gasteiger partial charge is 0.456 e. The van der Waals surface area contributed by atoms with Crippen LogP contribution in [0.15, 0.2) is 38.1 Å². The van der Waals surface area contributed by atoms with Crippen LogP contribution in [0.3, 0.4) is 0 Å². The summed E-state index contributed by atoms with van der Waals surface area (Å²) >= 11 is -2.31. The molecule has 2 heterocycles. The molecule has 0 N–H and O–H groups in total. The van der Waals surface area contributed by atoms with E-state index in [1.165, 1.54) is 18.2 Å². The average Bonchev–Trinajstić information content (AvgIpc) is 3.04. The molecule has 3 rings (SSSR count). The first-order valence-electron chi connectivity index (χ1n) is 6.35. The zero-order valence-electron chi connectivity index (χ0n) is 12.0. The summed E-state index contributed by atoms with van der Waals surface area (Å²) in [5.41, 5.74) is 0.583. The topological polar surface area (TPSA) is 100 Å². The number of benzene rings is 1. The Balaban J connectivity index is 2.02. The standard InChI is InChI=1S/C13H10FN3O5S/c1-7-11(8(2)20-15-7)22-23(19)17-12(16-21-13(17)18)9-4-3-5-10(14)6-9/h3-6H,1-2H3. The van der Waals surface area contributed by atoms with Gasteiger partial charge in [-0.25, -0.2) is 9.18 Å². The maximum Gasteiger partial charge on any atom is 0.456 e. The van der Waals surface area contributed by atoms with Crippen LogP contribution in [0.25, 0.3) is 11.4 Å². The van der Waals surface area contributed by atoms with Crippen LogP contribution in [-0.4, -0.2) is 18.5 Å². The quantitative estimate of drug-likeness (QED) is 0.714. The highest BCUT2D eigenvalue weighted by Gasteiger charge is 2.23. The number of aryl methyl sites for hydroxylation is 2. The van der Waals surface area contributed by atoms with Crippen molar-refractivity contribution in [2.45, 2.75) is 13.8 Å². The normalized spacial score (nSPS) is 12.3. The third-order valence-corrected chi connectivity index (χ3v) is 3.85. The third kappa shape index (κ3) is 2.80. The summed E-state index contributed by atoms with van der Waals surface area (Å²) in [6.07, 6.45) is 0. The molecule has 0 aliphatic carbocycles. The lowest BCUT2D eigenvalue weighted by Crippen LogP contribution is -2.23. The predicted molar refractivity (Wildman–Crippen MR) is 76.3 cm³/mol. The van der Waals surface area contributed by atoms with Crippen molar-refractivity contribution < 1.29 is 21.8 Å². The fourth-order valence-corrected chi connectivity index (χ4v) is 2.76. The molecule has 23 heavy (non-hydrogen) atoms. The Morgan fingerprint density at radius 3 is 2.70 bits per heavy atom. The molecule has 0 aliphatic heterocycles. The summed E-state index contributed by atoms with van der Waals surface area (Å²) in [6.45, 7) is 3.16. The van der Waals surface area contributed by atoms with Gasteiger partial charge in [-0.2, -0.15) is 4.21 Å². The molecule has 1 unspecified atom stereocenters. The maximum absolute atomic E-state index is 13.3. The molecule has 120 valence electrons. The number of hydrogen-bond acceptors (Lipinski definition) is 7. The minimum atomic E-state index is -2.31. The number of aromatic nitrogens is 3. The van der Waals surface area contributed by atoms with E-state index in [0.717, 1.165) is 6.07 Å². The van der Waals surface area contributed by atoms with Gasteiger partial charge >= 0.3 is 17.0 Å². The van der Waals surface area contributed by atoms with Gasteiger partial charge in [-0.1, -0.05) is 22.4 Å². The summed E-state index contributed by atoms with van der Waals surface area (Å²) in [7, 11) is 0. The fourth-order valence-electron chi connectivity index (χ4n) is 1.87. The molecule has 0 amide bonds. The van der Waals surface area contributed by atoms with Crippen molar-refractivity contribution in [3.63, 3.8) is 0 Å². The van der Waals surface area contributed by atoms with E-state index in [9.17, 15) is 13.4 Å². The molecule has 0 spiro atoms. The number of hydrogen-bond donors (Lipinski definition) is 0. The lowest BCUT2D eigenvalue weighted by Gasteiger charge is -2.05. The second-order valence-corrected chi connectivity index (χ2v) is 5.50. The Bertz CT molecular complexity index is 926. The lowest BCUT2D eigenvalue weighted by molar-refractivity contribution is 0.383. The van der Waals surface area contributed by atoms with Gasteiger partial charge in [-0.05, 0) is 19.1 Å². The van der Waals surface area contributed by atoms with E-state index in [2.05, 4.69) is 14.8 Å². The molecule has 0 fully saturated rings. The van der Waals surface area contributed by atoms with Crippen molar-refractivity contribution in [3.8, 4) is 17.1 Å². The van der Waals surface area contributed by atoms with E-state index in [4.69, 9.17) is 8.71 Å². The van der Waals surface area contributed by atoms with E-state index >= 15 is 0 Å². The van der Waals surface area contributed by atoms with Crippen molar-refractivity contribution in [2.75, 3.05) is 0 Å². The van der Waals surface area contributed by atoms with Gasteiger partial charge in [0.25, 0.3) is 0 Å². The van der Waals surface area contributed by atoms with Crippen LogP contribution >= 0.6 is 0 Å². The molecule has 0 saturated heterocycles. The first-order chi connectivity index (χ1) is 11.0.